The van der Waals surface area contributed by atoms with Crippen LogP contribution in [-0.4, -0.2) is 30.3 Å². The number of carbonyl (C=O) groups is 2. The number of nitrogens with one attached hydrogen (secondary N) is 3. The van der Waals surface area contributed by atoms with E-state index in [-0.39, 0.29) is 24.8 Å². The van der Waals surface area contributed by atoms with Crippen molar-refractivity contribution < 1.29 is 19.1 Å². The SMILES string of the molecule is O=C(NC1CCCCC1)NC1(C(=O)Nc2ccc3c(c2)OCO3)CCCCC1. The summed E-state index contributed by atoms with van der Waals surface area (Å²) in [5, 5.41) is 9.09. The molecule has 3 aliphatic rings. The van der Waals surface area contributed by atoms with E-state index in [4.69, 9.17) is 9.47 Å². The van der Waals surface area contributed by atoms with Gasteiger partial charge in [-0.1, -0.05) is 38.5 Å². The van der Waals surface area contributed by atoms with E-state index in [1.165, 1.54) is 6.42 Å². The molecule has 7 heteroatoms. The second kappa shape index (κ2) is 8.29. The average molecular weight is 387 g/mol. The molecular formula is C21H29N3O4. The summed E-state index contributed by atoms with van der Waals surface area (Å²) in [7, 11) is 0. The van der Waals surface area contributed by atoms with Gasteiger partial charge in [0.1, 0.15) is 5.54 Å². The van der Waals surface area contributed by atoms with Gasteiger partial charge in [0.2, 0.25) is 12.7 Å². The van der Waals surface area contributed by atoms with Crippen molar-refractivity contribution in [3.8, 4) is 11.5 Å². The second-order valence-corrected chi connectivity index (χ2v) is 8.10. The van der Waals surface area contributed by atoms with Crippen LogP contribution >= 0.6 is 0 Å². The minimum atomic E-state index is -0.868. The van der Waals surface area contributed by atoms with E-state index in [0.717, 1.165) is 44.9 Å². The first-order valence-corrected chi connectivity index (χ1v) is 10.4. The molecule has 2 aliphatic carbocycles. The van der Waals surface area contributed by atoms with Crippen LogP contribution in [0.5, 0.6) is 11.5 Å². The smallest absolute Gasteiger partial charge is 0.315 e. The lowest BCUT2D eigenvalue weighted by molar-refractivity contribution is -0.123. The number of carbonyl (C=O) groups excluding carboxylic acids is 2. The minimum Gasteiger partial charge on any atom is -0.454 e. The Labute approximate surface area is 165 Å². The molecule has 1 aromatic rings. The molecule has 7 nitrogen and oxygen atoms in total. The number of benzene rings is 1. The Kier molecular flexibility index (Phi) is 5.59. The molecule has 0 saturated heterocycles. The third kappa shape index (κ3) is 4.18. The fourth-order valence-corrected chi connectivity index (χ4v) is 4.47. The second-order valence-electron chi connectivity index (χ2n) is 8.10. The van der Waals surface area contributed by atoms with E-state index in [1.54, 1.807) is 18.2 Å². The molecule has 0 unspecified atom stereocenters. The highest BCUT2D eigenvalue weighted by Crippen LogP contribution is 2.35. The molecule has 4 rings (SSSR count). The quantitative estimate of drug-likeness (QED) is 0.735. The molecular weight excluding hydrogens is 358 g/mol. The molecule has 1 aromatic carbocycles. The van der Waals surface area contributed by atoms with Gasteiger partial charge in [-0.05, 0) is 37.8 Å². The fourth-order valence-electron chi connectivity index (χ4n) is 4.47. The first kappa shape index (κ1) is 18.9. The van der Waals surface area contributed by atoms with E-state index < -0.39 is 5.54 Å². The molecule has 28 heavy (non-hydrogen) atoms. The normalized spacial score (nSPS) is 21.0. The molecule has 2 saturated carbocycles. The summed E-state index contributed by atoms with van der Waals surface area (Å²) in [5.41, 5.74) is -0.221. The number of rotatable bonds is 4. The van der Waals surface area contributed by atoms with Gasteiger partial charge in [0.15, 0.2) is 11.5 Å². The molecule has 0 spiro atoms. The number of anilines is 1. The summed E-state index contributed by atoms with van der Waals surface area (Å²) in [6.45, 7) is 0.194. The summed E-state index contributed by atoms with van der Waals surface area (Å²) in [4.78, 5) is 25.8. The average Bonchev–Trinajstić information content (AvgIpc) is 3.17. The van der Waals surface area contributed by atoms with Crippen molar-refractivity contribution >= 4 is 17.6 Å². The van der Waals surface area contributed by atoms with Crippen molar-refractivity contribution in [3.05, 3.63) is 18.2 Å². The van der Waals surface area contributed by atoms with Crippen LogP contribution in [0.1, 0.15) is 64.2 Å². The molecule has 0 aromatic heterocycles. The molecule has 0 radical (unpaired) electrons. The van der Waals surface area contributed by atoms with Crippen molar-refractivity contribution in [1.29, 1.82) is 0 Å². The van der Waals surface area contributed by atoms with Gasteiger partial charge >= 0.3 is 6.03 Å². The lowest BCUT2D eigenvalue weighted by Crippen LogP contribution is -2.60. The maximum absolute atomic E-state index is 13.2. The summed E-state index contributed by atoms with van der Waals surface area (Å²) in [6, 6.07) is 5.33. The van der Waals surface area contributed by atoms with Crippen molar-refractivity contribution in [2.24, 2.45) is 0 Å². The Bertz CT molecular complexity index is 724. The van der Waals surface area contributed by atoms with E-state index in [9.17, 15) is 9.59 Å². The Balaban J connectivity index is 1.43. The molecule has 3 N–H and O–H groups in total. The third-order valence-corrected chi connectivity index (χ3v) is 6.07. The van der Waals surface area contributed by atoms with Crippen molar-refractivity contribution in [1.82, 2.24) is 10.6 Å². The molecule has 152 valence electrons. The van der Waals surface area contributed by atoms with E-state index >= 15 is 0 Å². The predicted molar refractivity (Wildman–Crippen MR) is 106 cm³/mol. The number of urea groups is 1. The number of hydrogen-bond donors (Lipinski definition) is 3. The number of fused-ring (bicyclic) bond motifs is 1. The maximum atomic E-state index is 13.2. The minimum absolute atomic E-state index is 0.162. The van der Waals surface area contributed by atoms with Gasteiger partial charge in [-0.25, -0.2) is 4.79 Å². The Hall–Kier alpha value is -2.44. The first-order chi connectivity index (χ1) is 13.6. The van der Waals surface area contributed by atoms with Crippen LogP contribution in [0.4, 0.5) is 10.5 Å². The van der Waals surface area contributed by atoms with Crippen LogP contribution in [-0.2, 0) is 4.79 Å². The van der Waals surface area contributed by atoms with Crippen LogP contribution in [0.15, 0.2) is 18.2 Å². The molecule has 0 bridgehead atoms. The van der Waals surface area contributed by atoms with Crippen LogP contribution < -0.4 is 25.4 Å². The summed E-state index contributed by atoms with van der Waals surface area (Å²) in [5.74, 6) is 1.14. The third-order valence-electron chi connectivity index (χ3n) is 6.07. The number of ether oxygens (including phenoxy) is 2. The van der Waals surface area contributed by atoms with Gasteiger partial charge in [-0.3, -0.25) is 4.79 Å². The summed E-state index contributed by atoms with van der Waals surface area (Å²) in [6.07, 6.45) is 9.83. The summed E-state index contributed by atoms with van der Waals surface area (Å²) < 4.78 is 10.7. The predicted octanol–water partition coefficient (Wildman–Crippen LogP) is 3.69. The molecule has 3 amide bonds. The largest absolute Gasteiger partial charge is 0.454 e. The Morgan fingerprint density at radius 1 is 0.929 bits per heavy atom. The standard InChI is InChI=1S/C21H29N3O4/c25-19(22-16-9-10-17-18(13-16)28-14-27-17)21(11-5-2-6-12-21)24-20(26)23-15-7-3-1-4-8-15/h9-10,13,15H,1-8,11-12,14H2,(H,22,25)(H2,23,24,26). The topological polar surface area (TPSA) is 88.7 Å². The number of amides is 3. The van der Waals surface area contributed by atoms with Crippen LogP contribution in [0.2, 0.25) is 0 Å². The van der Waals surface area contributed by atoms with E-state index in [1.807, 2.05) is 0 Å². The highest BCUT2D eigenvalue weighted by molar-refractivity contribution is 6.00. The van der Waals surface area contributed by atoms with Crippen LogP contribution in [0.25, 0.3) is 0 Å². The Morgan fingerprint density at radius 3 is 2.43 bits per heavy atom. The van der Waals surface area contributed by atoms with Crippen molar-refractivity contribution in [3.63, 3.8) is 0 Å². The van der Waals surface area contributed by atoms with E-state index in [0.29, 0.717) is 30.0 Å². The van der Waals surface area contributed by atoms with Crippen molar-refractivity contribution in [2.45, 2.75) is 75.8 Å². The lowest BCUT2D eigenvalue weighted by Gasteiger charge is -2.37. The van der Waals surface area contributed by atoms with E-state index in [2.05, 4.69) is 16.0 Å². The van der Waals surface area contributed by atoms with Gasteiger partial charge in [0, 0.05) is 17.8 Å². The van der Waals surface area contributed by atoms with Gasteiger partial charge in [0.25, 0.3) is 0 Å². The Morgan fingerprint density at radius 2 is 1.64 bits per heavy atom. The maximum Gasteiger partial charge on any atom is 0.315 e. The summed E-state index contributed by atoms with van der Waals surface area (Å²) >= 11 is 0. The molecule has 2 fully saturated rings. The fraction of sp³-hybridized carbons (Fsp3) is 0.619. The van der Waals surface area contributed by atoms with Gasteiger partial charge in [-0.15, -0.1) is 0 Å². The highest BCUT2D eigenvalue weighted by atomic mass is 16.7. The monoisotopic (exact) mass is 387 g/mol. The van der Waals surface area contributed by atoms with Gasteiger partial charge in [-0.2, -0.15) is 0 Å². The highest BCUT2D eigenvalue weighted by Gasteiger charge is 2.41. The van der Waals surface area contributed by atoms with Crippen LogP contribution in [0, 0.1) is 0 Å². The van der Waals surface area contributed by atoms with Crippen molar-refractivity contribution in [2.75, 3.05) is 12.1 Å². The zero-order valence-electron chi connectivity index (χ0n) is 16.2. The van der Waals surface area contributed by atoms with Gasteiger partial charge < -0.3 is 25.4 Å². The molecule has 1 aliphatic heterocycles. The first-order valence-electron chi connectivity index (χ1n) is 10.4. The van der Waals surface area contributed by atoms with Gasteiger partial charge in [0.05, 0.1) is 0 Å². The molecule has 1 heterocycles. The lowest BCUT2D eigenvalue weighted by atomic mass is 9.81. The van der Waals surface area contributed by atoms with Crippen LogP contribution in [0.3, 0.4) is 0 Å². The molecule has 0 atom stereocenters. The zero-order valence-corrected chi connectivity index (χ0v) is 16.2. The number of hydrogen-bond acceptors (Lipinski definition) is 4. The zero-order chi connectivity index (χ0) is 19.4.